The maximum absolute atomic E-state index is 4.76. The Morgan fingerprint density at radius 2 is 1.00 bits per heavy atom. The predicted octanol–water partition coefficient (Wildman–Crippen LogP) is 2.36. The molecule has 0 bridgehead atoms. The number of alkyl halides is 2. The topological polar surface area (TPSA) is 0 Å². The van der Waals surface area contributed by atoms with Crippen LogP contribution in [0.1, 0.15) is 7.43 Å². The Morgan fingerprint density at radius 1 is 1.00 bits per heavy atom. The van der Waals surface area contributed by atoms with Crippen molar-refractivity contribution in [3.05, 3.63) is 0 Å². The van der Waals surface area contributed by atoms with Crippen LogP contribution in [-0.2, 0) is 0 Å². The average Bonchev–Trinajstić information content (AvgIpc) is 0.918. The Morgan fingerprint density at radius 3 is 1.00 bits per heavy atom. The quantitative estimate of drug-likeness (QED) is 0.454. The van der Waals surface area contributed by atoms with E-state index >= 15 is 0 Å². The second-order valence-electron chi connectivity index (χ2n) is 0.101. The molecule has 0 nitrogen and oxygen atoms in total. The van der Waals surface area contributed by atoms with Gasteiger partial charge in [0.05, 0.1) is 5.34 Å². The molecule has 0 heterocycles. The largest absolute Gasteiger partial charge is 0.269 e. The summed E-state index contributed by atoms with van der Waals surface area (Å²) in [6, 6.07) is 0. The van der Waals surface area contributed by atoms with Gasteiger partial charge in [0.1, 0.15) is 0 Å². The van der Waals surface area contributed by atoms with Gasteiger partial charge in [-0.25, -0.2) is 0 Å². The lowest BCUT2D eigenvalue weighted by atomic mass is 11.9. The highest BCUT2D eigenvalue weighted by atomic mass is 35.5. The van der Waals surface area contributed by atoms with E-state index in [0.29, 0.717) is 0 Å². The van der Waals surface area contributed by atoms with Crippen molar-refractivity contribution in [1.82, 2.24) is 0 Å². The summed E-state index contributed by atoms with van der Waals surface area (Å²) in [6.07, 6.45) is 0. The average molecular weight is 141 g/mol. The number of hydrogen-bond acceptors (Lipinski definition) is 0. The first-order valence-electron chi connectivity index (χ1n) is 0.535. The third-order valence-electron chi connectivity index (χ3n) is 0. The van der Waals surface area contributed by atoms with Gasteiger partial charge in [0.2, 0.25) is 0 Å². The molecule has 0 aromatic heterocycles. The molecule has 0 atom stereocenters. The van der Waals surface area contributed by atoms with Gasteiger partial charge in [0.15, 0.2) is 0 Å². The molecule has 0 unspecified atom stereocenters. The minimum absolute atomic E-state index is 0. The summed E-state index contributed by atoms with van der Waals surface area (Å²) in [5, 5.41) is 0.194. The van der Waals surface area contributed by atoms with Crippen LogP contribution in [0.3, 0.4) is 0 Å². The summed E-state index contributed by atoms with van der Waals surface area (Å²) in [6.45, 7) is 0. The van der Waals surface area contributed by atoms with Crippen LogP contribution >= 0.6 is 23.2 Å². The van der Waals surface area contributed by atoms with Crippen LogP contribution in [0.15, 0.2) is 0 Å². The summed E-state index contributed by atoms with van der Waals surface area (Å²) in [4.78, 5) is 0. The van der Waals surface area contributed by atoms with Gasteiger partial charge in [-0.05, 0) is 0 Å². The highest BCUT2D eigenvalue weighted by molar-refractivity contribution is 6.40. The second-order valence-corrected chi connectivity index (χ2v) is 0.909. The molecule has 0 spiro atoms. The van der Waals surface area contributed by atoms with Crippen LogP contribution < -0.4 is 0 Å². The van der Waals surface area contributed by atoms with Crippen LogP contribution in [0.2, 0.25) is 0 Å². The summed E-state index contributed by atoms with van der Waals surface area (Å²) in [7, 11) is 0. The summed E-state index contributed by atoms with van der Waals surface area (Å²) in [5.41, 5.74) is 0. The maximum Gasteiger partial charge on any atom is 0.0967 e. The van der Waals surface area contributed by atoms with Crippen LogP contribution in [0.25, 0.3) is 0 Å². The molecule has 44 valence electrons. The Hall–Kier alpha value is 0.440. The van der Waals surface area contributed by atoms with Crippen molar-refractivity contribution in [2.45, 2.75) is 7.43 Å². The Kier molecular flexibility index (Phi) is 276. The zero-order chi connectivity index (χ0) is 2.71. The van der Waals surface area contributed by atoms with Gasteiger partial charge in [0.25, 0.3) is 0 Å². The van der Waals surface area contributed by atoms with Crippen LogP contribution in [0, 0.1) is 0 Å². The van der Waals surface area contributed by atoms with E-state index in [0.717, 1.165) is 0 Å². The lowest BCUT2D eigenvalue weighted by molar-refractivity contribution is 1.11. The Labute approximate surface area is 46.2 Å². The van der Waals surface area contributed by atoms with Gasteiger partial charge in [-0.15, -0.1) is 23.2 Å². The van der Waals surface area contributed by atoms with E-state index in [1.807, 2.05) is 0 Å². The van der Waals surface area contributed by atoms with Crippen LogP contribution in [0.4, 0.5) is 9.41 Å². The molecule has 6 heavy (non-hydrogen) atoms. The van der Waals surface area contributed by atoms with E-state index in [-0.39, 0.29) is 22.2 Å². The van der Waals surface area contributed by atoms with E-state index in [1.165, 1.54) is 0 Å². The SMILES string of the molecule is C.ClCCl.F.F. The minimum atomic E-state index is 0. The minimum Gasteiger partial charge on any atom is -0.269 e. The molecule has 0 aromatic rings. The Balaban J connectivity index is -0.00000000667. The van der Waals surface area contributed by atoms with E-state index in [2.05, 4.69) is 0 Å². The third kappa shape index (κ3) is 271. The van der Waals surface area contributed by atoms with Gasteiger partial charge in [-0.3, -0.25) is 9.41 Å². The fourth-order valence-electron chi connectivity index (χ4n) is 0. The van der Waals surface area contributed by atoms with Crippen molar-refractivity contribution < 1.29 is 9.41 Å². The molecular weight excluding hydrogens is 133 g/mol. The normalized spacial score (nSPS) is 3.00. The van der Waals surface area contributed by atoms with E-state index in [9.17, 15) is 0 Å². The van der Waals surface area contributed by atoms with Crippen LogP contribution in [-0.4, -0.2) is 5.34 Å². The van der Waals surface area contributed by atoms with Gasteiger partial charge < -0.3 is 0 Å². The molecule has 0 N–H and O–H groups in total. The highest BCUT2D eigenvalue weighted by Gasteiger charge is 1.41. The fourth-order valence-corrected chi connectivity index (χ4v) is 0. The van der Waals surface area contributed by atoms with Gasteiger partial charge >= 0.3 is 0 Å². The molecule has 0 aliphatic carbocycles. The summed E-state index contributed by atoms with van der Waals surface area (Å²) >= 11 is 9.53. The van der Waals surface area contributed by atoms with Gasteiger partial charge in [-0.1, -0.05) is 7.43 Å². The van der Waals surface area contributed by atoms with Crippen molar-refractivity contribution in [1.29, 1.82) is 0 Å². The van der Waals surface area contributed by atoms with Crippen molar-refractivity contribution in [3.63, 3.8) is 0 Å². The maximum atomic E-state index is 4.76. The van der Waals surface area contributed by atoms with Gasteiger partial charge in [-0.2, -0.15) is 0 Å². The third-order valence-corrected chi connectivity index (χ3v) is 0. The first-order chi connectivity index (χ1) is 1.41. The first kappa shape index (κ1) is 32.0. The van der Waals surface area contributed by atoms with Crippen molar-refractivity contribution in [2.24, 2.45) is 0 Å². The molecule has 0 amide bonds. The molecule has 4 heteroatoms. The molecule has 0 saturated carbocycles. The summed E-state index contributed by atoms with van der Waals surface area (Å²) < 4.78 is 0. The lowest BCUT2D eigenvalue weighted by Crippen LogP contribution is -1.24. The number of hydrogen-bond donors (Lipinski definition) is 0. The van der Waals surface area contributed by atoms with Crippen molar-refractivity contribution in [3.8, 4) is 0 Å². The van der Waals surface area contributed by atoms with E-state index < -0.39 is 0 Å². The highest BCUT2D eigenvalue weighted by Crippen LogP contribution is 1.73. The lowest BCUT2D eigenvalue weighted by Gasteiger charge is -1.42. The molecule has 0 saturated heterocycles. The molecule has 0 aromatic carbocycles. The standard InChI is InChI=1S/CH2Cl2.CH4.2FH/c2-1-3;;;/h1H2;1H4;2*1H. The fraction of sp³-hybridized carbons (Fsp3) is 1.00. The first-order valence-corrected chi connectivity index (χ1v) is 1.60. The molecule has 0 radical (unpaired) electrons. The van der Waals surface area contributed by atoms with Gasteiger partial charge in [0, 0.05) is 0 Å². The zero-order valence-electron chi connectivity index (χ0n) is 2.28. The molecular formula is C2H8Cl2F2. The summed E-state index contributed by atoms with van der Waals surface area (Å²) in [5.74, 6) is 0. The van der Waals surface area contributed by atoms with Crippen molar-refractivity contribution in [2.75, 3.05) is 5.34 Å². The number of rotatable bonds is 0. The van der Waals surface area contributed by atoms with E-state index in [4.69, 9.17) is 23.2 Å². The smallest absolute Gasteiger partial charge is 0.0967 e. The number of halogens is 4. The molecule has 0 fully saturated rings. The molecule has 0 aliphatic rings. The predicted molar refractivity (Wildman–Crippen MR) is 28.3 cm³/mol. The molecule has 0 rings (SSSR count). The van der Waals surface area contributed by atoms with Crippen molar-refractivity contribution >= 4 is 23.2 Å². The van der Waals surface area contributed by atoms with Crippen LogP contribution in [0.5, 0.6) is 0 Å². The van der Waals surface area contributed by atoms with E-state index in [1.54, 1.807) is 0 Å². The Bertz CT molecular complexity index is 9.51. The second kappa shape index (κ2) is 51.7. The zero-order valence-corrected chi connectivity index (χ0v) is 3.79. The molecule has 0 aliphatic heterocycles. The monoisotopic (exact) mass is 140 g/mol.